The van der Waals surface area contributed by atoms with Crippen molar-refractivity contribution in [1.29, 1.82) is 0 Å². The van der Waals surface area contributed by atoms with Gasteiger partial charge < -0.3 is 9.47 Å². The Morgan fingerprint density at radius 2 is 1.68 bits per heavy atom. The molecule has 3 rings (SSSR count). The van der Waals surface area contributed by atoms with Crippen molar-refractivity contribution in [3.63, 3.8) is 0 Å². The monoisotopic (exact) mass is 354 g/mol. The molecule has 0 unspecified atom stereocenters. The van der Waals surface area contributed by atoms with E-state index in [1.54, 1.807) is 37.3 Å². The molecule has 1 heterocycles. The van der Waals surface area contributed by atoms with Gasteiger partial charge in [-0.1, -0.05) is 18.2 Å². The molecule has 3 aromatic rings. The Kier molecular flexibility index (Phi) is 5.00. The maximum Gasteiger partial charge on any atom is 0.264 e. The first-order valence-electron chi connectivity index (χ1n) is 7.67. The summed E-state index contributed by atoms with van der Waals surface area (Å²) < 4.78 is 10.6. The highest BCUT2D eigenvalue weighted by atomic mass is 32.1. The normalized spacial score (nSPS) is 10.4. The SMILES string of the molecule is COc1cc(OC)cc(C(=O)N(c2ccccc2)c2nc(C)cs2)c1. The summed E-state index contributed by atoms with van der Waals surface area (Å²) in [5.41, 5.74) is 2.09. The molecule has 5 nitrogen and oxygen atoms in total. The van der Waals surface area contributed by atoms with Crippen LogP contribution in [0.15, 0.2) is 53.9 Å². The van der Waals surface area contributed by atoms with Gasteiger partial charge in [0.15, 0.2) is 5.13 Å². The lowest BCUT2D eigenvalue weighted by atomic mass is 10.1. The van der Waals surface area contributed by atoms with Gasteiger partial charge in [0.25, 0.3) is 5.91 Å². The molecule has 128 valence electrons. The third-order valence-corrected chi connectivity index (χ3v) is 4.56. The zero-order valence-electron chi connectivity index (χ0n) is 14.2. The average Bonchev–Trinajstić information content (AvgIpc) is 3.08. The quantitative estimate of drug-likeness (QED) is 0.679. The van der Waals surface area contributed by atoms with Crippen molar-refractivity contribution in [2.75, 3.05) is 19.1 Å². The second kappa shape index (κ2) is 7.36. The number of methoxy groups -OCH3 is 2. The number of rotatable bonds is 5. The molecule has 0 saturated heterocycles. The molecule has 0 bridgehead atoms. The van der Waals surface area contributed by atoms with Gasteiger partial charge in [-0.2, -0.15) is 0 Å². The molecule has 0 aliphatic rings. The van der Waals surface area contributed by atoms with Crippen LogP contribution in [0.25, 0.3) is 0 Å². The third kappa shape index (κ3) is 3.64. The summed E-state index contributed by atoms with van der Waals surface area (Å²) in [6.45, 7) is 1.90. The number of aromatic nitrogens is 1. The van der Waals surface area contributed by atoms with Crippen LogP contribution in [0.3, 0.4) is 0 Å². The van der Waals surface area contributed by atoms with Crippen molar-refractivity contribution in [2.45, 2.75) is 6.92 Å². The number of para-hydroxylation sites is 1. The molecule has 0 saturated carbocycles. The average molecular weight is 354 g/mol. The minimum Gasteiger partial charge on any atom is -0.497 e. The summed E-state index contributed by atoms with van der Waals surface area (Å²) in [4.78, 5) is 19.4. The van der Waals surface area contributed by atoms with E-state index in [0.29, 0.717) is 22.2 Å². The summed E-state index contributed by atoms with van der Waals surface area (Å²) >= 11 is 1.43. The number of benzene rings is 2. The van der Waals surface area contributed by atoms with Crippen LogP contribution in [0.5, 0.6) is 11.5 Å². The van der Waals surface area contributed by atoms with Gasteiger partial charge in [0.1, 0.15) is 11.5 Å². The number of nitrogens with zero attached hydrogens (tertiary/aromatic N) is 2. The fourth-order valence-corrected chi connectivity index (χ4v) is 3.21. The first-order valence-corrected chi connectivity index (χ1v) is 8.55. The molecular weight excluding hydrogens is 336 g/mol. The number of aryl methyl sites for hydroxylation is 1. The van der Waals surface area contributed by atoms with Crippen molar-refractivity contribution < 1.29 is 14.3 Å². The molecule has 2 aromatic carbocycles. The van der Waals surface area contributed by atoms with Crippen LogP contribution in [0, 0.1) is 6.92 Å². The highest BCUT2D eigenvalue weighted by Crippen LogP contribution is 2.32. The third-order valence-electron chi connectivity index (χ3n) is 3.61. The smallest absolute Gasteiger partial charge is 0.264 e. The number of amides is 1. The largest absolute Gasteiger partial charge is 0.497 e. The van der Waals surface area contributed by atoms with Gasteiger partial charge in [-0.05, 0) is 31.2 Å². The van der Waals surface area contributed by atoms with Crippen molar-refractivity contribution in [3.05, 3.63) is 65.2 Å². The minimum absolute atomic E-state index is 0.197. The minimum atomic E-state index is -0.197. The predicted molar refractivity (Wildman–Crippen MR) is 99.3 cm³/mol. The zero-order chi connectivity index (χ0) is 17.8. The highest BCUT2D eigenvalue weighted by molar-refractivity contribution is 7.14. The van der Waals surface area contributed by atoms with Gasteiger partial charge in [-0.15, -0.1) is 11.3 Å². The highest BCUT2D eigenvalue weighted by Gasteiger charge is 2.23. The first-order chi connectivity index (χ1) is 12.1. The molecule has 25 heavy (non-hydrogen) atoms. The van der Waals surface area contributed by atoms with E-state index in [-0.39, 0.29) is 5.91 Å². The number of anilines is 2. The fraction of sp³-hybridized carbons (Fsp3) is 0.158. The Hall–Kier alpha value is -2.86. The molecule has 0 aliphatic carbocycles. The maximum absolute atomic E-state index is 13.3. The van der Waals surface area contributed by atoms with Crippen LogP contribution in [0.2, 0.25) is 0 Å². The Labute approximate surface area is 150 Å². The molecule has 6 heteroatoms. The zero-order valence-corrected chi connectivity index (χ0v) is 15.0. The van der Waals surface area contributed by atoms with E-state index in [2.05, 4.69) is 4.98 Å². The van der Waals surface area contributed by atoms with E-state index in [4.69, 9.17) is 9.47 Å². The second-order valence-corrected chi connectivity index (χ2v) is 6.19. The standard InChI is InChI=1S/C19H18N2O3S/c1-13-12-25-19(20-13)21(15-7-5-4-6-8-15)18(22)14-9-16(23-2)11-17(10-14)24-3/h4-12H,1-3H3. The van der Waals surface area contributed by atoms with Gasteiger partial charge in [-0.25, -0.2) is 4.98 Å². The molecule has 1 amide bonds. The van der Waals surface area contributed by atoms with Crippen LogP contribution >= 0.6 is 11.3 Å². The number of carbonyl (C=O) groups excluding carboxylic acids is 1. The van der Waals surface area contributed by atoms with Gasteiger partial charge in [0.05, 0.1) is 25.6 Å². The predicted octanol–water partition coefficient (Wildman–Crippen LogP) is 4.45. The van der Waals surface area contributed by atoms with E-state index >= 15 is 0 Å². The lowest BCUT2D eigenvalue weighted by Crippen LogP contribution is -2.26. The molecule has 0 N–H and O–H groups in total. The number of hydrogen-bond acceptors (Lipinski definition) is 5. The van der Waals surface area contributed by atoms with Crippen LogP contribution in [0.4, 0.5) is 10.8 Å². The van der Waals surface area contributed by atoms with Crippen LogP contribution in [0.1, 0.15) is 16.1 Å². The molecule has 0 aliphatic heterocycles. The van der Waals surface area contributed by atoms with E-state index in [1.165, 1.54) is 11.3 Å². The number of ether oxygens (including phenoxy) is 2. The lowest BCUT2D eigenvalue weighted by Gasteiger charge is -2.20. The van der Waals surface area contributed by atoms with Crippen LogP contribution in [-0.4, -0.2) is 25.1 Å². The van der Waals surface area contributed by atoms with E-state index < -0.39 is 0 Å². The molecular formula is C19H18N2O3S. The molecule has 0 fully saturated rings. The van der Waals surface area contributed by atoms with Gasteiger partial charge >= 0.3 is 0 Å². The maximum atomic E-state index is 13.3. The van der Waals surface area contributed by atoms with E-state index in [9.17, 15) is 4.79 Å². The Morgan fingerprint density at radius 1 is 1.04 bits per heavy atom. The van der Waals surface area contributed by atoms with Crippen LogP contribution in [-0.2, 0) is 0 Å². The van der Waals surface area contributed by atoms with Gasteiger partial charge in [0, 0.05) is 17.0 Å². The summed E-state index contributed by atoms with van der Waals surface area (Å²) in [7, 11) is 3.12. The molecule has 0 atom stereocenters. The molecule has 0 spiro atoms. The van der Waals surface area contributed by atoms with E-state index in [0.717, 1.165) is 11.4 Å². The Balaban J connectivity index is 2.09. The summed E-state index contributed by atoms with van der Waals surface area (Å²) in [5.74, 6) is 0.926. The van der Waals surface area contributed by atoms with Gasteiger partial charge in [-0.3, -0.25) is 9.69 Å². The number of thiazole rings is 1. The lowest BCUT2D eigenvalue weighted by molar-refractivity contribution is 0.0998. The summed E-state index contributed by atoms with van der Waals surface area (Å²) in [6.07, 6.45) is 0. The second-order valence-electron chi connectivity index (χ2n) is 5.35. The van der Waals surface area contributed by atoms with Crippen LogP contribution < -0.4 is 14.4 Å². The van der Waals surface area contributed by atoms with Crippen molar-refractivity contribution in [3.8, 4) is 11.5 Å². The summed E-state index contributed by atoms with van der Waals surface area (Å²) in [6, 6.07) is 14.6. The van der Waals surface area contributed by atoms with Crippen molar-refractivity contribution >= 4 is 28.1 Å². The molecule has 1 aromatic heterocycles. The van der Waals surface area contributed by atoms with Gasteiger partial charge in [0.2, 0.25) is 0 Å². The fourth-order valence-electron chi connectivity index (χ4n) is 2.40. The number of hydrogen-bond donors (Lipinski definition) is 0. The topological polar surface area (TPSA) is 51.7 Å². The first kappa shape index (κ1) is 17.0. The van der Waals surface area contributed by atoms with E-state index in [1.807, 2.05) is 42.6 Å². The molecule has 0 radical (unpaired) electrons. The van der Waals surface area contributed by atoms with Crippen molar-refractivity contribution in [1.82, 2.24) is 4.98 Å². The summed E-state index contributed by atoms with van der Waals surface area (Å²) in [5, 5.41) is 2.54. The van der Waals surface area contributed by atoms with Crippen molar-refractivity contribution in [2.24, 2.45) is 0 Å². The Morgan fingerprint density at radius 3 is 2.20 bits per heavy atom. The Bertz CT molecular complexity index is 855. The number of carbonyl (C=O) groups is 1.